The monoisotopic (exact) mass is 205 g/mol. The second-order valence-corrected chi connectivity index (χ2v) is 4.69. The van der Waals surface area contributed by atoms with E-state index in [9.17, 15) is 0 Å². The third-order valence-electron chi connectivity index (χ3n) is 3.07. The van der Waals surface area contributed by atoms with E-state index in [2.05, 4.69) is 37.1 Å². The van der Waals surface area contributed by atoms with Crippen LogP contribution in [-0.2, 0) is 0 Å². The topological polar surface area (TPSA) is 41.3 Å². The number of fused-ring (bicyclic) bond motifs is 1. The first-order valence-corrected chi connectivity index (χ1v) is 5.45. The standard InChI is InChI=1S/C12H19N3/c1-4-15-11-6-5-9(13)7-10(11)14-8-12(15,2)3/h5-7,14H,4,8,13H2,1-3H3. The van der Waals surface area contributed by atoms with Crippen molar-refractivity contribution in [2.75, 3.05) is 29.0 Å². The van der Waals surface area contributed by atoms with E-state index in [1.165, 1.54) is 5.69 Å². The molecule has 15 heavy (non-hydrogen) atoms. The molecular formula is C12H19N3. The van der Waals surface area contributed by atoms with Gasteiger partial charge in [-0.2, -0.15) is 0 Å². The second-order valence-electron chi connectivity index (χ2n) is 4.69. The van der Waals surface area contributed by atoms with Crippen LogP contribution in [0.3, 0.4) is 0 Å². The van der Waals surface area contributed by atoms with Gasteiger partial charge in [0.05, 0.1) is 16.9 Å². The van der Waals surface area contributed by atoms with Crippen LogP contribution in [0.5, 0.6) is 0 Å². The summed E-state index contributed by atoms with van der Waals surface area (Å²) in [4.78, 5) is 2.41. The maximum atomic E-state index is 5.78. The highest BCUT2D eigenvalue weighted by Gasteiger charge is 2.31. The van der Waals surface area contributed by atoms with Gasteiger partial charge >= 0.3 is 0 Å². The first-order chi connectivity index (χ1) is 7.04. The maximum Gasteiger partial charge on any atom is 0.0608 e. The van der Waals surface area contributed by atoms with Gasteiger partial charge < -0.3 is 16.0 Å². The van der Waals surface area contributed by atoms with E-state index in [1.807, 2.05) is 12.1 Å². The van der Waals surface area contributed by atoms with Crippen molar-refractivity contribution in [3.8, 4) is 0 Å². The lowest BCUT2D eigenvalue weighted by molar-refractivity contribution is 0.480. The average molecular weight is 205 g/mol. The van der Waals surface area contributed by atoms with Crippen molar-refractivity contribution in [2.45, 2.75) is 26.3 Å². The van der Waals surface area contributed by atoms with Crippen LogP contribution in [0.25, 0.3) is 0 Å². The normalized spacial score (nSPS) is 18.2. The summed E-state index contributed by atoms with van der Waals surface area (Å²) in [6.45, 7) is 8.67. The zero-order valence-electron chi connectivity index (χ0n) is 9.67. The van der Waals surface area contributed by atoms with Gasteiger partial charge in [0.2, 0.25) is 0 Å². The molecular weight excluding hydrogens is 186 g/mol. The molecule has 0 bridgehead atoms. The lowest BCUT2D eigenvalue weighted by Gasteiger charge is -2.45. The van der Waals surface area contributed by atoms with E-state index in [4.69, 9.17) is 5.73 Å². The highest BCUT2D eigenvalue weighted by atomic mass is 15.2. The summed E-state index contributed by atoms with van der Waals surface area (Å²) in [6.07, 6.45) is 0. The molecule has 1 aliphatic heterocycles. The lowest BCUT2D eigenvalue weighted by Crippen LogP contribution is -2.52. The Bertz CT molecular complexity index is 371. The molecule has 0 saturated heterocycles. The fourth-order valence-corrected chi connectivity index (χ4v) is 2.26. The molecule has 0 radical (unpaired) electrons. The molecule has 1 heterocycles. The van der Waals surface area contributed by atoms with E-state index in [1.54, 1.807) is 0 Å². The van der Waals surface area contributed by atoms with Crippen LogP contribution in [0.4, 0.5) is 17.1 Å². The Balaban J connectivity index is 2.47. The molecule has 0 atom stereocenters. The fourth-order valence-electron chi connectivity index (χ4n) is 2.26. The van der Waals surface area contributed by atoms with Crippen LogP contribution in [0.1, 0.15) is 20.8 Å². The first-order valence-electron chi connectivity index (χ1n) is 5.45. The third kappa shape index (κ3) is 1.62. The van der Waals surface area contributed by atoms with Gasteiger partial charge in [-0.25, -0.2) is 0 Å². The predicted octanol–water partition coefficient (Wildman–Crippen LogP) is 2.30. The van der Waals surface area contributed by atoms with Crippen LogP contribution in [0.2, 0.25) is 0 Å². The lowest BCUT2D eigenvalue weighted by atomic mass is 9.97. The quantitative estimate of drug-likeness (QED) is 0.691. The van der Waals surface area contributed by atoms with E-state index < -0.39 is 0 Å². The number of nitrogens with two attached hydrogens (primary N) is 1. The van der Waals surface area contributed by atoms with Gasteiger partial charge in [0.15, 0.2) is 0 Å². The maximum absolute atomic E-state index is 5.78. The second kappa shape index (κ2) is 3.33. The highest BCUT2D eigenvalue weighted by Crippen LogP contribution is 2.36. The largest absolute Gasteiger partial charge is 0.399 e. The van der Waals surface area contributed by atoms with Gasteiger partial charge in [-0.05, 0) is 39.0 Å². The van der Waals surface area contributed by atoms with Crippen molar-refractivity contribution in [3.05, 3.63) is 18.2 Å². The Hall–Kier alpha value is -1.38. The Morgan fingerprint density at radius 2 is 2.20 bits per heavy atom. The summed E-state index contributed by atoms with van der Waals surface area (Å²) < 4.78 is 0. The SMILES string of the molecule is CCN1c2ccc(N)cc2NCC1(C)C. The summed E-state index contributed by atoms with van der Waals surface area (Å²) in [5.74, 6) is 0. The number of likely N-dealkylation sites (N-methyl/N-ethyl adjacent to an activating group) is 1. The number of nitrogen functional groups attached to an aromatic ring is 1. The number of hydrogen-bond acceptors (Lipinski definition) is 3. The van der Waals surface area contributed by atoms with Gasteiger partial charge in [0.25, 0.3) is 0 Å². The minimum absolute atomic E-state index is 0.165. The van der Waals surface area contributed by atoms with Crippen LogP contribution in [0, 0.1) is 0 Å². The number of hydrogen-bond donors (Lipinski definition) is 2. The molecule has 1 aliphatic rings. The van der Waals surface area contributed by atoms with Crippen molar-refractivity contribution in [1.29, 1.82) is 0 Å². The minimum atomic E-state index is 0.165. The average Bonchev–Trinajstić information content (AvgIpc) is 2.18. The minimum Gasteiger partial charge on any atom is -0.399 e. The summed E-state index contributed by atoms with van der Waals surface area (Å²) in [6, 6.07) is 6.07. The van der Waals surface area contributed by atoms with Gasteiger partial charge in [-0.3, -0.25) is 0 Å². The molecule has 0 spiro atoms. The molecule has 0 unspecified atom stereocenters. The smallest absolute Gasteiger partial charge is 0.0608 e. The van der Waals surface area contributed by atoms with Crippen molar-refractivity contribution in [3.63, 3.8) is 0 Å². The molecule has 82 valence electrons. The van der Waals surface area contributed by atoms with Gasteiger partial charge in [0.1, 0.15) is 0 Å². The van der Waals surface area contributed by atoms with E-state index >= 15 is 0 Å². The van der Waals surface area contributed by atoms with E-state index in [0.29, 0.717) is 0 Å². The number of benzene rings is 1. The zero-order chi connectivity index (χ0) is 11.1. The molecule has 0 aromatic heterocycles. The van der Waals surface area contributed by atoms with Crippen LogP contribution >= 0.6 is 0 Å². The van der Waals surface area contributed by atoms with Crippen LogP contribution < -0.4 is 16.0 Å². The molecule has 3 heteroatoms. The fraction of sp³-hybridized carbons (Fsp3) is 0.500. The predicted molar refractivity (Wildman–Crippen MR) is 66.4 cm³/mol. The van der Waals surface area contributed by atoms with Crippen molar-refractivity contribution in [1.82, 2.24) is 0 Å². The van der Waals surface area contributed by atoms with Crippen LogP contribution in [-0.4, -0.2) is 18.6 Å². The summed E-state index contributed by atoms with van der Waals surface area (Å²) in [7, 11) is 0. The molecule has 0 aliphatic carbocycles. The number of anilines is 3. The number of nitrogens with zero attached hydrogens (tertiary/aromatic N) is 1. The summed E-state index contributed by atoms with van der Waals surface area (Å²) >= 11 is 0. The van der Waals surface area contributed by atoms with Crippen LogP contribution in [0.15, 0.2) is 18.2 Å². The number of rotatable bonds is 1. The van der Waals surface area contributed by atoms with Crippen molar-refractivity contribution in [2.24, 2.45) is 0 Å². The Labute approximate surface area is 91.3 Å². The van der Waals surface area contributed by atoms with Gasteiger partial charge in [0, 0.05) is 18.8 Å². The third-order valence-corrected chi connectivity index (χ3v) is 3.07. The van der Waals surface area contributed by atoms with E-state index in [0.717, 1.165) is 24.5 Å². The zero-order valence-corrected chi connectivity index (χ0v) is 9.67. The molecule has 1 aromatic carbocycles. The molecule has 2 rings (SSSR count). The molecule has 1 aromatic rings. The first kappa shape index (κ1) is 10.1. The molecule has 0 saturated carbocycles. The molecule has 3 nitrogen and oxygen atoms in total. The Kier molecular flexibility index (Phi) is 2.25. The Morgan fingerprint density at radius 1 is 1.47 bits per heavy atom. The van der Waals surface area contributed by atoms with Crippen molar-refractivity contribution < 1.29 is 0 Å². The molecule has 0 fully saturated rings. The van der Waals surface area contributed by atoms with Gasteiger partial charge in [-0.15, -0.1) is 0 Å². The number of nitrogens with one attached hydrogen (secondary N) is 1. The summed E-state index contributed by atoms with van der Waals surface area (Å²) in [5.41, 5.74) is 9.16. The highest BCUT2D eigenvalue weighted by molar-refractivity contribution is 5.77. The Morgan fingerprint density at radius 3 is 2.87 bits per heavy atom. The molecule has 3 N–H and O–H groups in total. The van der Waals surface area contributed by atoms with E-state index in [-0.39, 0.29) is 5.54 Å². The van der Waals surface area contributed by atoms with Gasteiger partial charge in [-0.1, -0.05) is 0 Å². The molecule has 0 amide bonds. The summed E-state index contributed by atoms with van der Waals surface area (Å²) in [5, 5.41) is 3.44. The van der Waals surface area contributed by atoms with Crippen molar-refractivity contribution >= 4 is 17.1 Å².